The van der Waals surface area contributed by atoms with Crippen molar-refractivity contribution in [3.05, 3.63) is 47.8 Å². The average Bonchev–Trinajstić information content (AvgIpc) is 3.11. The van der Waals surface area contributed by atoms with Crippen molar-refractivity contribution < 1.29 is 9.21 Å². The van der Waals surface area contributed by atoms with Crippen molar-refractivity contribution in [2.75, 3.05) is 0 Å². The maximum atomic E-state index is 12.1. The summed E-state index contributed by atoms with van der Waals surface area (Å²) in [7, 11) is 0. The van der Waals surface area contributed by atoms with Crippen LogP contribution in [0.3, 0.4) is 0 Å². The van der Waals surface area contributed by atoms with Gasteiger partial charge in [-0.2, -0.15) is 5.10 Å². The number of amides is 1. The zero-order valence-electron chi connectivity index (χ0n) is 11.0. The number of aromatic nitrogens is 3. The van der Waals surface area contributed by atoms with Gasteiger partial charge in [-0.05, 0) is 6.07 Å². The van der Waals surface area contributed by atoms with Gasteiger partial charge in [0.2, 0.25) is 5.89 Å². The second kappa shape index (κ2) is 5.16. The summed E-state index contributed by atoms with van der Waals surface area (Å²) in [5, 5.41) is 10.4. The molecule has 102 valence electrons. The van der Waals surface area contributed by atoms with Crippen molar-refractivity contribution in [3.63, 3.8) is 0 Å². The van der Waals surface area contributed by atoms with E-state index in [0.717, 1.165) is 23.1 Å². The quantitative estimate of drug-likeness (QED) is 0.760. The SMILES string of the molecule is CCc1cnc(CNC(=O)c2n[nH]c3ccccc23)o1. The lowest BCUT2D eigenvalue weighted by atomic mass is 10.2. The molecular formula is C14H14N4O2. The summed E-state index contributed by atoms with van der Waals surface area (Å²) in [6, 6.07) is 7.49. The molecule has 6 nitrogen and oxygen atoms in total. The molecule has 0 radical (unpaired) electrons. The van der Waals surface area contributed by atoms with Crippen LogP contribution in [-0.2, 0) is 13.0 Å². The van der Waals surface area contributed by atoms with E-state index in [9.17, 15) is 4.79 Å². The Bertz CT molecular complexity index is 744. The Hall–Kier alpha value is -2.63. The molecule has 0 aliphatic heterocycles. The highest BCUT2D eigenvalue weighted by molar-refractivity contribution is 6.04. The Morgan fingerprint density at radius 2 is 2.25 bits per heavy atom. The summed E-state index contributed by atoms with van der Waals surface area (Å²) in [6.07, 6.45) is 2.45. The maximum absolute atomic E-state index is 12.1. The molecule has 0 aliphatic rings. The minimum Gasteiger partial charge on any atom is -0.444 e. The lowest BCUT2D eigenvalue weighted by Crippen LogP contribution is -2.23. The third-order valence-corrected chi connectivity index (χ3v) is 3.04. The minimum atomic E-state index is -0.251. The number of carbonyl (C=O) groups is 1. The van der Waals surface area contributed by atoms with E-state index in [1.165, 1.54) is 0 Å². The van der Waals surface area contributed by atoms with Crippen LogP contribution in [0.4, 0.5) is 0 Å². The van der Waals surface area contributed by atoms with E-state index in [0.29, 0.717) is 11.6 Å². The summed E-state index contributed by atoms with van der Waals surface area (Å²) >= 11 is 0. The van der Waals surface area contributed by atoms with E-state index in [-0.39, 0.29) is 12.5 Å². The number of rotatable bonds is 4. The number of hydrogen-bond acceptors (Lipinski definition) is 4. The van der Waals surface area contributed by atoms with Crippen LogP contribution in [0, 0.1) is 0 Å². The third-order valence-electron chi connectivity index (χ3n) is 3.04. The maximum Gasteiger partial charge on any atom is 0.272 e. The number of H-pyrrole nitrogens is 1. The molecule has 0 aliphatic carbocycles. The molecule has 20 heavy (non-hydrogen) atoms. The smallest absolute Gasteiger partial charge is 0.272 e. The fraction of sp³-hybridized carbons (Fsp3) is 0.214. The highest BCUT2D eigenvalue weighted by atomic mass is 16.4. The summed E-state index contributed by atoms with van der Waals surface area (Å²) in [5.41, 5.74) is 1.21. The molecule has 3 rings (SSSR count). The highest BCUT2D eigenvalue weighted by Gasteiger charge is 2.14. The second-order valence-electron chi connectivity index (χ2n) is 4.37. The number of nitrogens with one attached hydrogen (secondary N) is 2. The van der Waals surface area contributed by atoms with E-state index < -0.39 is 0 Å². The van der Waals surface area contributed by atoms with Crippen molar-refractivity contribution in [3.8, 4) is 0 Å². The fourth-order valence-corrected chi connectivity index (χ4v) is 1.97. The Morgan fingerprint density at radius 1 is 1.40 bits per heavy atom. The van der Waals surface area contributed by atoms with Gasteiger partial charge < -0.3 is 9.73 Å². The predicted molar refractivity (Wildman–Crippen MR) is 73.1 cm³/mol. The number of fused-ring (bicyclic) bond motifs is 1. The summed E-state index contributed by atoms with van der Waals surface area (Å²) in [4.78, 5) is 16.2. The summed E-state index contributed by atoms with van der Waals surface area (Å²) < 4.78 is 5.43. The van der Waals surface area contributed by atoms with Crippen LogP contribution in [0.25, 0.3) is 10.9 Å². The lowest BCUT2D eigenvalue weighted by molar-refractivity contribution is 0.0943. The van der Waals surface area contributed by atoms with Gasteiger partial charge in [-0.25, -0.2) is 4.98 Å². The first-order valence-electron chi connectivity index (χ1n) is 6.43. The zero-order valence-corrected chi connectivity index (χ0v) is 11.0. The van der Waals surface area contributed by atoms with Crippen molar-refractivity contribution in [1.82, 2.24) is 20.5 Å². The van der Waals surface area contributed by atoms with E-state index in [2.05, 4.69) is 20.5 Å². The van der Waals surface area contributed by atoms with Crippen LogP contribution in [0.15, 0.2) is 34.9 Å². The molecular weight excluding hydrogens is 256 g/mol. The van der Waals surface area contributed by atoms with Gasteiger partial charge in [0.05, 0.1) is 18.3 Å². The molecule has 3 aromatic rings. The first-order valence-corrected chi connectivity index (χ1v) is 6.43. The van der Waals surface area contributed by atoms with Crippen molar-refractivity contribution in [2.24, 2.45) is 0 Å². The number of aryl methyl sites for hydroxylation is 1. The minimum absolute atomic E-state index is 0.250. The van der Waals surface area contributed by atoms with Gasteiger partial charge in [-0.3, -0.25) is 9.89 Å². The van der Waals surface area contributed by atoms with Crippen molar-refractivity contribution in [2.45, 2.75) is 19.9 Å². The predicted octanol–water partition coefficient (Wildman–Crippen LogP) is 2.04. The Balaban J connectivity index is 1.73. The zero-order chi connectivity index (χ0) is 13.9. The number of hydrogen-bond donors (Lipinski definition) is 2. The van der Waals surface area contributed by atoms with Gasteiger partial charge in [0.25, 0.3) is 5.91 Å². The van der Waals surface area contributed by atoms with E-state index in [1.807, 2.05) is 31.2 Å². The number of oxazole rings is 1. The van der Waals surface area contributed by atoms with E-state index >= 15 is 0 Å². The number of carbonyl (C=O) groups excluding carboxylic acids is 1. The molecule has 1 aromatic carbocycles. The molecule has 0 saturated carbocycles. The van der Waals surface area contributed by atoms with Crippen LogP contribution >= 0.6 is 0 Å². The lowest BCUT2D eigenvalue weighted by Gasteiger charge is -2.00. The molecule has 0 unspecified atom stereocenters. The number of aromatic amines is 1. The van der Waals surface area contributed by atoms with Gasteiger partial charge in [-0.15, -0.1) is 0 Å². The normalized spacial score (nSPS) is 10.8. The number of para-hydroxylation sites is 1. The van der Waals surface area contributed by atoms with Crippen LogP contribution in [-0.4, -0.2) is 21.1 Å². The van der Waals surface area contributed by atoms with Crippen LogP contribution in [0.5, 0.6) is 0 Å². The van der Waals surface area contributed by atoms with Gasteiger partial charge in [-0.1, -0.05) is 25.1 Å². The molecule has 2 N–H and O–H groups in total. The summed E-state index contributed by atoms with van der Waals surface area (Å²) in [6.45, 7) is 2.23. The monoisotopic (exact) mass is 270 g/mol. The molecule has 0 fully saturated rings. The van der Waals surface area contributed by atoms with Gasteiger partial charge in [0.15, 0.2) is 5.69 Å². The number of nitrogens with zero attached hydrogens (tertiary/aromatic N) is 2. The van der Waals surface area contributed by atoms with E-state index in [4.69, 9.17) is 4.42 Å². The van der Waals surface area contributed by atoms with Crippen LogP contribution < -0.4 is 5.32 Å². The van der Waals surface area contributed by atoms with Gasteiger partial charge in [0, 0.05) is 11.8 Å². The Morgan fingerprint density at radius 3 is 3.05 bits per heavy atom. The van der Waals surface area contributed by atoms with E-state index in [1.54, 1.807) is 6.20 Å². The first-order chi connectivity index (χ1) is 9.78. The standard InChI is InChI=1S/C14H14N4O2/c1-2-9-7-15-12(20-9)8-16-14(19)13-10-5-3-4-6-11(10)17-18-13/h3-7H,2,8H2,1H3,(H,16,19)(H,17,18). The summed E-state index contributed by atoms with van der Waals surface area (Å²) in [5.74, 6) is 1.05. The number of benzene rings is 1. The molecule has 0 atom stereocenters. The first kappa shape index (κ1) is 12.4. The van der Waals surface area contributed by atoms with Gasteiger partial charge in [0.1, 0.15) is 5.76 Å². The van der Waals surface area contributed by atoms with Crippen molar-refractivity contribution >= 4 is 16.8 Å². The molecule has 0 saturated heterocycles. The fourth-order valence-electron chi connectivity index (χ4n) is 1.97. The third kappa shape index (κ3) is 2.27. The Labute approximate surface area is 115 Å². The molecule has 1 amide bonds. The molecule has 2 heterocycles. The molecule has 0 bridgehead atoms. The highest BCUT2D eigenvalue weighted by Crippen LogP contribution is 2.15. The average molecular weight is 270 g/mol. The second-order valence-corrected chi connectivity index (χ2v) is 4.37. The largest absolute Gasteiger partial charge is 0.444 e. The molecule has 6 heteroatoms. The Kier molecular flexibility index (Phi) is 3.20. The van der Waals surface area contributed by atoms with Gasteiger partial charge >= 0.3 is 0 Å². The molecule has 0 spiro atoms. The topological polar surface area (TPSA) is 83.8 Å². The van der Waals surface area contributed by atoms with Crippen LogP contribution in [0.1, 0.15) is 29.1 Å². The van der Waals surface area contributed by atoms with Crippen LogP contribution in [0.2, 0.25) is 0 Å². The molecule has 2 aromatic heterocycles. The van der Waals surface area contributed by atoms with Crippen molar-refractivity contribution in [1.29, 1.82) is 0 Å².